The smallest absolute Gasteiger partial charge is 0.260 e. The minimum Gasteiger partial charge on any atom is -0.317 e. The van der Waals surface area contributed by atoms with Gasteiger partial charge in [0.1, 0.15) is 10.7 Å². The molecule has 0 saturated carbocycles. The summed E-state index contributed by atoms with van der Waals surface area (Å²) in [5.41, 5.74) is 4.62. The fourth-order valence-electron chi connectivity index (χ4n) is 1.59. The van der Waals surface area contributed by atoms with Crippen molar-refractivity contribution in [2.75, 3.05) is 0 Å². The van der Waals surface area contributed by atoms with E-state index in [-0.39, 0.29) is 10.7 Å². The molecule has 5 heteroatoms. The number of nitrogens with zero attached hydrogens (tertiary/aromatic N) is 1. The maximum absolute atomic E-state index is 12.9. The minimum atomic E-state index is -2.71. The van der Waals surface area contributed by atoms with E-state index >= 15 is 0 Å². The van der Waals surface area contributed by atoms with Gasteiger partial charge in [0.05, 0.1) is 5.52 Å². The Morgan fingerprint density at radius 3 is 2.65 bits per heavy atom. The first-order valence-corrected chi connectivity index (χ1v) is 5.43. The number of rotatable bonds is 2. The lowest BCUT2D eigenvalue weighted by atomic mass is 9.94. The molecule has 2 aromatic rings. The van der Waals surface area contributed by atoms with Crippen molar-refractivity contribution >= 4 is 22.5 Å². The Hall–Kier alpha value is -1.26. The zero-order valence-electron chi connectivity index (χ0n) is 9.12. The second kappa shape index (κ2) is 4.20. The van der Waals surface area contributed by atoms with Gasteiger partial charge in [0.2, 0.25) is 0 Å². The maximum Gasteiger partial charge on any atom is 0.260 e. The lowest BCUT2D eigenvalue weighted by molar-refractivity contribution is 0.0625. The molecule has 0 fully saturated rings. The molecule has 2 N–H and O–H groups in total. The van der Waals surface area contributed by atoms with E-state index in [0.717, 1.165) is 5.39 Å². The van der Waals surface area contributed by atoms with Gasteiger partial charge in [0, 0.05) is 10.9 Å². The number of pyridine rings is 1. The van der Waals surface area contributed by atoms with E-state index in [1.165, 1.54) is 6.92 Å². The number of hydrogen-bond donors (Lipinski definition) is 1. The van der Waals surface area contributed by atoms with Crippen LogP contribution in [0.25, 0.3) is 10.9 Å². The Balaban J connectivity index is 2.66. The molecule has 0 bridgehead atoms. The highest BCUT2D eigenvalue weighted by molar-refractivity contribution is 6.30. The van der Waals surface area contributed by atoms with Crippen LogP contribution in [0, 0.1) is 0 Å². The molecule has 0 amide bonds. The summed E-state index contributed by atoms with van der Waals surface area (Å²) in [5.74, 6) is 0. The van der Waals surface area contributed by atoms with Crippen LogP contribution < -0.4 is 5.73 Å². The second-order valence-electron chi connectivity index (χ2n) is 4.10. The molecule has 0 aliphatic rings. The Kier molecular flexibility index (Phi) is 3.02. The molecule has 0 saturated heterocycles. The quantitative estimate of drug-likeness (QED) is 0.837. The van der Waals surface area contributed by atoms with Crippen LogP contribution in [-0.4, -0.2) is 11.4 Å². The molecular formula is C12H11ClF2N2. The highest BCUT2D eigenvalue weighted by Gasteiger charge is 2.35. The molecule has 0 aliphatic heterocycles. The zero-order valence-corrected chi connectivity index (χ0v) is 9.88. The van der Waals surface area contributed by atoms with Crippen molar-refractivity contribution in [1.29, 1.82) is 0 Å². The molecule has 0 aliphatic carbocycles. The number of nitrogens with two attached hydrogens (primary N) is 1. The molecule has 1 unspecified atom stereocenters. The van der Waals surface area contributed by atoms with Crippen LogP contribution in [0.3, 0.4) is 0 Å². The van der Waals surface area contributed by atoms with Gasteiger partial charge in [-0.15, -0.1) is 0 Å². The molecule has 90 valence electrons. The van der Waals surface area contributed by atoms with Gasteiger partial charge in [0.15, 0.2) is 0 Å². The van der Waals surface area contributed by atoms with Gasteiger partial charge in [-0.2, -0.15) is 0 Å². The van der Waals surface area contributed by atoms with Gasteiger partial charge < -0.3 is 5.73 Å². The SMILES string of the molecule is CC(N)(c1cc2ccccc2nc1Cl)C(F)F. The first-order valence-electron chi connectivity index (χ1n) is 5.05. The summed E-state index contributed by atoms with van der Waals surface area (Å²) >= 11 is 5.91. The summed E-state index contributed by atoms with van der Waals surface area (Å²) < 4.78 is 25.7. The number of hydrogen-bond acceptors (Lipinski definition) is 2. The average molecular weight is 257 g/mol. The van der Waals surface area contributed by atoms with Crippen molar-refractivity contribution in [3.05, 3.63) is 41.0 Å². The molecule has 2 rings (SSSR count). The lowest BCUT2D eigenvalue weighted by Crippen LogP contribution is -2.41. The highest BCUT2D eigenvalue weighted by atomic mass is 35.5. The monoisotopic (exact) mass is 256 g/mol. The molecule has 17 heavy (non-hydrogen) atoms. The average Bonchev–Trinajstić information content (AvgIpc) is 2.27. The van der Waals surface area contributed by atoms with Crippen molar-refractivity contribution in [2.24, 2.45) is 5.73 Å². The number of benzene rings is 1. The largest absolute Gasteiger partial charge is 0.317 e. The zero-order chi connectivity index (χ0) is 12.6. The summed E-state index contributed by atoms with van der Waals surface area (Å²) in [5, 5.41) is 0.762. The summed E-state index contributed by atoms with van der Waals surface area (Å²) in [6, 6.07) is 8.72. The Morgan fingerprint density at radius 2 is 2.00 bits per heavy atom. The molecule has 1 heterocycles. The van der Waals surface area contributed by atoms with E-state index in [1.54, 1.807) is 30.3 Å². The second-order valence-corrected chi connectivity index (χ2v) is 4.46. The standard InChI is InChI=1S/C12H11ClF2N2/c1-12(16,11(14)15)8-6-7-4-2-3-5-9(7)17-10(8)13/h2-6,11H,16H2,1H3. The summed E-state index contributed by atoms with van der Waals surface area (Å²) in [6.07, 6.45) is -2.71. The van der Waals surface area contributed by atoms with E-state index < -0.39 is 12.0 Å². The third-order valence-corrected chi connectivity index (χ3v) is 3.00. The van der Waals surface area contributed by atoms with Crippen molar-refractivity contribution in [1.82, 2.24) is 4.98 Å². The predicted molar refractivity (Wildman–Crippen MR) is 64.3 cm³/mol. The first-order chi connectivity index (χ1) is 7.93. The Bertz CT molecular complexity index is 555. The molecular weight excluding hydrogens is 246 g/mol. The topological polar surface area (TPSA) is 38.9 Å². The van der Waals surface area contributed by atoms with Crippen molar-refractivity contribution in [3.8, 4) is 0 Å². The van der Waals surface area contributed by atoms with Crippen LogP contribution in [-0.2, 0) is 5.54 Å². The third-order valence-electron chi connectivity index (χ3n) is 2.71. The number of aromatic nitrogens is 1. The fraction of sp³-hybridized carbons (Fsp3) is 0.250. The Labute approximate surface area is 102 Å². The first kappa shape index (κ1) is 12.2. The Morgan fingerprint density at radius 1 is 1.35 bits per heavy atom. The van der Waals surface area contributed by atoms with Crippen LogP contribution in [0.5, 0.6) is 0 Å². The lowest BCUT2D eigenvalue weighted by Gasteiger charge is -2.25. The van der Waals surface area contributed by atoms with E-state index in [9.17, 15) is 8.78 Å². The molecule has 1 atom stereocenters. The summed E-state index contributed by atoms with van der Waals surface area (Å²) in [6.45, 7) is 1.25. The van der Waals surface area contributed by atoms with Crippen LogP contribution in [0.2, 0.25) is 5.15 Å². The van der Waals surface area contributed by atoms with E-state index in [4.69, 9.17) is 17.3 Å². The van der Waals surface area contributed by atoms with E-state index in [0.29, 0.717) is 5.52 Å². The fourth-order valence-corrected chi connectivity index (χ4v) is 1.94. The molecule has 2 nitrogen and oxygen atoms in total. The van der Waals surface area contributed by atoms with Crippen LogP contribution in [0.15, 0.2) is 30.3 Å². The summed E-state index contributed by atoms with van der Waals surface area (Å²) in [4.78, 5) is 4.08. The van der Waals surface area contributed by atoms with Gasteiger partial charge in [-0.3, -0.25) is 0 Å². The number of para-hydroxylation sites is 1. The maximum atomic E-state index is 12.9. The number of alkyl halides is 2. The van der Waals surface area contributed by atoms with Crippen molar-refractivity contribution < 1.29 is 8.78 Å². The van der Waals surface area contributed by atoms with Gasteiger partial charge in [0.25, 0.3) is 6.43 Å². The van der Waals surface area contributed by atoms with E-state index in [2.05, 4.69) is 4.98 Å². The molecule has 0 spiro atoms. The van der Waals surface area contributed by atoms with E-state index in [1.807, 2.05) is 0 Å². The highest BCUT2D eigenvalue weighted by Crippen LogP contribution is 2.32. The van der Waals surface area contributed by atoms with Gasteiger partial charge in [-0.05, 0) is 19.1 Å². The van der Waals surface area contributed by atoms with Gasteiger partial charge in [-0.25, -0.2) is 13.8 Å². The number of halogens is 3. The summed E-state index contributed by atoms with van der Waals surface area (Å²) in [7, 11) is 0. The van der Waals surface area contributed by atoms with Crippen LogP contribution >= 0.6 is 11.6 Å². The predicted octanol–water partition coefficient (Wildman–Crippen LogP) is 3.33. The van der Waals surface area contributed by atoms with Crippen molar-refractivity contribution in [3.63, 3.8) is 0 Å². The van der Waals surface area contributed by atoms with Crippen LogP contribution in [0.4, 0.5) is 8.78 Å². The molecule has 1 aromatic carbocycles. The molecule has 0 radical (unpaired) electrons. The normalized spacial score (nSPS) is 15.2. The number of fused-ring (bicyclic) bond motifs is 1. The van der Waals surface area contributed by atoms with Crippen molar-refractivity contribution in [2.45, 2.75) is 18.9 Å². The van der Waals surface area contributed by atoms with Gasteiger partial charge in [-0.1, -0.05) is 29.8 Å². The molecule has 1 aromatic heterocycles. The van der Waals surface area contributed by atoms with Gasteiger partial charge >= 0.3 is 0 Å². The third kappa shape index (κ3) is 2.10. The van der Waals surface area contributed by atoms with Crippen LogP contribution in [0.1, 0.15) is 12.5 Å². The minimum absolute atomic E-state index is 0.0222.